The number of rotatable bonds is 3. The van der Waals surface area contributed by atoms with Crippen LogP contribution in [0.25, 0.3) is 10.9 Å². The first-order valence-electron chi connectivity index (χ1n) is 8.90. The summed E-state index contributed by atoms with van der Waals surface area (Å²) in [6, 6.07) is 7.81. The second-order valence-electron chi connectivity index (χ2n) is 9.14. The van der Waals surface area contributed by atoms with Crippen LogP contribution >= 0.6 is 15.9 Å². The van der Waals surface area contributed by atoms with Crippen molar-refractivity contribution in [3.8, 4) is 0 Å². The standard InChI is InChI=1S/C20H30BrNO3Si/c1-19(2,3)25-18(23)22-15-12-10-9-11-14(15)17(21)16(22)13-24-26(7,8)20(4,5)6/h9-12H,13H2,1-8H3. The lowest BCUT2D eigenvalue weighted by Crippen LogP contribution is -2.40. The minimum absolute atomic E-state index is 0.0994. The molecule has 4 nitrogen and oxygen atoms in total. The predicted octanol–water partition coefficient (Wildman–Crippen LogP) is 6.71. The SMILES string of the molecule is CC(C)(C)OC(=O)n1c(CO[Si](C)(C)C(C)(C)C)c(Br)c2ccccc21. The van der Waals surface area contributed by atoms with Crippen molar-refractivity contribution in [2.24, 2.45) is 0 Å². The monoisotopic (exact) mass is 439 g/mol. The molecule has 0 atom stereocenters. The molecular weight excluding hydrogens is 410 g/mol. The minimum atomic E-state index is -1.95. The summed E-state index contributed by atoms with van der Waals surface area (Å²) in [5.74, 6) is 0. The van der Waals surface area contributed by atoms with Gasteiger partial charge in [-0.3, -0.25) is 0 Å². The number of hydrogen-bond acceptors (Lipinski definition) is 3. The Labute approximate surface area is 166 Å². The molecule has 0 saturated heterocycles. The molecule has 0 fully saturated rings. The van der Waals surface area contributed by atoms with Gasteiger partial charge >= 0.3 is 6.09 Å². The molecule has 0 aliphatic carbocycles. The molecule has 26 heavy (non-hydrogen) atoms. The Morgan fingerprint density at radius 2 is 1.69 bits per heavy atom. The summed E-state index contributed by atoms with van der Waals surface area (Å²) in [4.78, 5) is 12.9. The molecule has 0 aliphatic rings. The predicted molar refractivity (Wildman–Crippen MR) is 113 cm³/mol. The third-order valence-electron chi connectivity index (χ3n) is 4.86. The second-order valence-corrected chi connectivity index (χ2v) is 14.7. The molecule has 0 N–H and O–H groups in total. The molecule has 144 valence electrons. The number of fused-ring (bicyclic) bond motifs is 1. The molecule has 2 rings (SSSR count). The lowest BCUT2D eigenvalue weighted by atomic mass is 10.2. The van der Waals surface area contributed by atoms with Crippen LogP contribution in [0.5, 0.6) is 0 Å². The molecule has 0 amide bonds. The highest BCUT2D eigenvalue weighted by Gasteiger charge is 2.38. The van der Waals surface area contributed by atoms with Crippen LogP contribution in [0.15, 0.2) is 28.7 Å². The summed E-state index contributed by atoms with van der Waals surface area (Å²) in [7, 11) is -1.95. The zero-order valence-electron chi connectivity index (χ0n) is 17.1. The summed E-state index contributed by atoms with van der Waals surface area (Å²) >= 11 is 3.68. The van der Waals surface area contributed by atoms with Crippen LogP contribution < -0.4 is 0 Å². The summed E-state index contributed by atoms with van der Waals surface area (Å²) in [6.45, 7) is 17.0. The van der Waals surface area contributed by atoms with Gasteiger partial charge in [0.15, 0.2) is 8.32 Å². The average molecular weight is 440 g/mol. The van der Waals surface area contributed by atoms with Crippen molar-refractivity contribution in [2.75, 3.05) is 0 Å². The van der Waals surface area contributed by atoms with Gasteiger partial charge in [0.1, 0.15) is 5.60 Å². The number of nitrogens with zero attached hydrogens (tertiary/aromatic N) is 1. The van der Waals surface area contributed by atoms with Crippen molar-refractivity contribution in [1.82, 2.24) is 4.57 Å². The maximum Gasteiger partial charge on any atom is 0.419 e. The van der Waals surface area contributed by atoms with Gasteiger partial charge in [-0.05, 0) is 60.9 Å². The van der Waals surface area contributed by atoms with Gasteiger partial charge in [-0.2, -0.15) is 0 Å². The van der Waals surface area contributed by atoms with E-state index in [1.807, 2.05) is 45.0 Å². The molecule has 1 heterocycles. The number of ether oxygens (including phenoxy) is 1. The maximum atomic E-state index is 12.9. The first-order chi connectivity index (χ1) is 11.7. The molecule has 0 unspecified atom stereocenters. The van der Waals surface area contributed by atoms with Crippen LogP contribution in [0.1, 0.15) is 47.2 Å². The van der Waals surface area contributed by atoms with E-state index in [1.165, 1.54) is 0 Å². The van der Waals surface area contributed by atoms with E-state index < -0.39 is 13.9 Å². The third-order valence-corrected chi connectivity index (χ3v) is 10.2. The van der Waals surface area contributed by atoms with Crippen LogP contribution in [0, 0.1) is 0 Å². The van der Waals surface area contributed by atoms with E-state index in [1.54, 1.807) is 4.57 Å². The summed E-state index contributed by atoms with van der Waals surface area (Å²) < 4.78 is 14.6. The Hall–Kier alpha value is -1.11. The van der Waals surface area contributed by atoms with E-state index in [4.69, 9.17) is 9.16 Å². The van der Waals surface area contributed by atoms with Crippen molar-refractivity contribution in [1.29, 1.82) is 0 Å². The first-order valence-corrected chi connectivity index (χ1v) is 12.6. The van der Waals surface area contributed by atoms with Crippen molar-refractivity contribution < 1.29 is 14.0 Å². The van der Waals surface area contributed by atoms with E-state index in [0.717, 1.165) is 21.1 Å². The summed E-state index contributed by atoms with van der Waals surface area (Å²) in [6.07, 6.45) is -0.381. The fraction of sp³-hybridized carbons (Fsp3) is 0.550. The Bertz CT molecular complexity index is 813. The van der Waals surface area contributed by atoms with Gasteiger partial charge in [0.05, 0.1) is 17.8 Å². The average Bonchev–Trinajstić information content (AvgIpc) is 2.75. The van der Waals surface area contributed by atoms with E-state index in [-0.39, 0.29) is 11.1 Å². The lowest BCUT2D eigenvalue weighted by molar-refractivity contribution is 0.0534. The highest BCUT2D eigenvalue weighted by Crippen LogP contribution is 2.39. The molecule has 1 aromatic carbocycles. The van der Waals surface area contributed by atoms with Crippen molar-refractivity contribution >= 4 is 41.2 Å². The first kappa shape index (κ1) is 21.2. The molecule has 6 heteroatoms. The molecule has 1 aromatic heterocycles. The maximum absolute atomic E-state index is 12.9. The summed E-state index contributed by atoms with van der Waals surface area (Å²) in [5.41, 5.74) is 1.06. The fourth-order valence-corrected chi connectivity index (χ4v) is 3.92. The van der Waals surface area contributed by atoms with Crippen molar-refractivity contribution in [2.45, 2.75) is 71.9 Å². The van der Waals surface area contributed by atoms with Gasteiger partial charge in [0.25, 0.3) is 0 Å². The van der Waals surface area contributed by atoms with E-state index in [2.05, 4.69) is 49.8 Å². The van der Waals surface area contributed by atoms with E-state index in [9.17, 15) is 4.79 Å². The Morgan fingerprint density at radius 3 is 2.23 bits per heavy atom. The lowest BCUT2D eigenvalue weighted by Gasteiger charge is -2.36. The van der Waals surface area contributed by atoms with Gasteiger partial charge in [0, 0.05) is 9.86 Å². The summed E-state index contributed by atoms with van der Waals surface area (Å²) in [5, 5.41) is 1.08. The van der Waals surface area contributed by atoms with Crippen LogP contribution in [0.3, 0.4) is 0 Å². The van der Waals surface area contributed by atoms with E-state index >= 15 is 0 Å². The van der Waals surface area contributed by atoms with Crippen LogP contribution in [0.2, 0.25) is 18.1 Å². The fourth-order valence-electron chi connectivity index (χ4n) is 2.36. The zero-order valence-corrected chi connectivity index (χ0v) is 19.7. The third kappa shape index (κ3) is 4.41. The van der Waals surface area contributed by atoms with E-state index in [0.29, 0.717) is 6.61 Å². The Balaban J connectivity index is 2.50. The highest BCUT2D eigenvalue weighted by molar-refractivity contribution is 9.10. The molecular formula is C20H30BrNO3Si. The Morgan fingerprint density at radius 1 is 1.12 bits per heavy atom. The number of para-hydroxylation sites is 1. The minimum Gasteiger partial charge on any atom is -0.443 e. The normalized spacial score (nSPS) is 13.3. The number of benzene rings is 1. The highest BCUT2D eigenvalue weighted by atomic mass is 79.9. The number of carbonyl (C=O) groups excluding carboxylic acids is 1. The van der Waals surface area contributed by atoms with Crippen molar-refractivity contribution in [3.05, 3.63) is 34.4 Å². The molecule has 0 bridgehead atoms. The smallest absolute Gasteiger partial charge is 0.419 e. The number of hydrogen-bond donors (Lipinski definition) is 0. The van der Waals surface area contributed by atoms with Crippen LogP contribution in [-0.4, -0.2) is 24.6 Å². The van der Waals surface area contributed by atoms with Crippen LogP contribution in [-0.2, 0) is 15.8 Å². The zero-order chi connectivity index (χ0) is 19.9. The molecule has 0 spiro atoms. The molecule has 2 aromatic rings. The number of halogens is 1. The second kappa shape index (κ2) is 7.13. The molecule has 0 saturated carbocycles. The molecule has 0 aliphatic heterocycles. The van der Waals surface area contributed by atoms with Gasteiger partial charge in [-0.25, -0.2) is 9.36 Å². The molecule has 0 radical (unpaired) electrons. The van der Waals surface area contributed by atoms with Gasteiger partial charge in [-0.1, -0.05) is 39.0 Å². The largest absolute Gasteiger partial charge is 0.443 e. The number of carbonyl (C=O) groups is 1. The van der Waals surface area contributed by atoms with Crippen molar-refractivity contribution in [3.63, 3.8) is 0 Å². The number of aromatic nitrogens is 1. The van der Waals surface area contributed by atoms with Crippen LogP contribution in [0.4, 0.5) is 4.79 Å². The quantitative estimate of drug-likeness (QED) is 0.498. The van der Waals surface area contributed by atoms with Gasteiger partial charge < -0.3 is 9.16 Å². The van der Waals surface area contributed by atoms with Gasteiger partial charge in [0.2, 0.25) is 0 Å². The Kier molecular flexibility index (Phi) is 5.81. The van der Waals surface area contributed by atoms with Gasteiger partial charge in [-0.15, -0.1) is 0 Å². The topological polar surface area (TPSA) is 40.5 Å².